The van der Waals surface area contributed by atoms with E-state index in [9.17, 15) is 4.79 Å². The summed E-state index contributed by atoms with van der Waals surface area (Å²) in [6, 6.07) is 3.92. The fraction of sp³-hybridized carbons (Fsp3) is 0.545. The molecule has 0 aliphatic heterocycles. The number of methoxy groups -OCH3 is 1. The quantitative estimate of drug-likeness (QED) is 0.646. The number of carbonyl (C=O) groups is 1. The summed E-state index contributed by atoms with van der Waals surface area (Å²) in [5.41, 5.74) is 0. The van der Waals surface area contributed by atoms with Crippen LogP contribution in [0.4, 0.5) is 0 Å². The molecule has 16 heavy (non-hydrogen) atoms. The maximum atomic E-state index is 10.9. The highest BCUT2D eigenvalue weighted by Gasteiger charge is 2.09. The van der Waals surface area contributed by atoms with E-state index in [0.717, 1.165) is 23.4 Å². The summed E-state index contributed by atoms with van der Waals surface area (Å²) in [4.78, 5) is 10.9. The molecule has 0 aliphatic rings. The minimum Gasteiger partial charge on any atom is -0.469 e. The van der Waals surface area contributed by atoms with E-state index in [2.05, 4.69) is 26.0 Å². The standard InChI is InChI=1S/C11H16BrNO3/c1-8(9-5-6-10(12)16-9)13-7-3-4-11(14)15-2/h5-6,8,13H,3-4,7H2,1-2H3. The number of furan rings is 1. The van der Waals surface area contributed by atoms with Crippen molar-refractivity contribution >= 4 is 21.9 Å². The molecular formula is C11H16BrNO3. The van der Waals surface area contributed by atoms with Crippen molar-refractivity contribution in [2.45, 2.75) is 25.8 Å². The van der Waals surface area contributed by atoms with E-state index in [1.54, 1.807) is 0 Å². The first-order valence-corrected chi connectivity index (χ1v) is 5.98. The molecule has 0 spiro atoms. The molecule has 4 nitrogen and oxygen atoms in total. The molecule has 1 aromatic heterocycles. The Morgan fingerprint density at radius 1 is 1.62 bits per heavy atom. The van der Waals surface area contributed by atoms with Crippen LogP contribution in [0, 0.1) is 0 Å². The van der Waals surface area contributed by atoms with Crippen molar-refractivity contribution in [3.05, 3.63) is 22.6 Å². The topological polar surface area (TPSA) is 51.5 Å². The molecular weight excluding hydrogens is 274 g/mol. The second-order valence-electron chi connectivity index (χ2n) is 3.50. The highest BCUT2D eigenvalue weighted by atomic mass is 79.9. The van der Waals surface area contributed by atoms with Gasteiger partial charge in [0.1, 0.15) is 5.76 Å². The van der Waals surface area contributed by atoms with Crippen LogP contribution in [-0.2, 0) is 9.53 Å². The molecule has 1 atom stereocenters. The number of hydrogen-bond acceptors (Lipinski definition) is 4. The molecule has 1 heterocycles. The van der Waals surface area contributed by atoms with Gasteiger partial charge in [-0.05, 0) is 48.0 Å². The van der Waals surface area contributed by atoms with Crippen LogP contribution in [-0.4, -0.2) is 19.6 Å². The monoisotopic (exact) mass is 289 g/mol. The predicted octanol–water partition coefficient (Wildman–Crippen LogP) is 2.65. The van der Waals surface area contributed by atoms with Gasteiger partial charge in [-0.25, -0.2) is 0 Å². The lowest BCUT2D eigenvalue weighted by Crippen LogP contribution is -2.20. The highest BCUT2D eigenvalue weighted by Crippen LogP contribution is 2.19. The molecule has 90 valence electrons. The highest BCUT2D eigenvalue weighted by molar-refractivity contribution is 9.10. The molecule has 0 bridgehead atoms. The molecule has 0 fully saturated rings. The normalized spacial score (nSPS) is 12.4. The van der Waals surface area contributed by atoms with Crippen LogP contribution >= 0.6 is 15.9 Å². The van der Waals surface area contributed by atoms with Crippen LogP contribution in [0.3, 0.4) is 0 Å². The maximum absolute atomic E-state index is 10.9. The first-order chi connectivity index (χ1) is 7.63. The van der Waals surface area contributed by atoms with Crippen molar-refractivity contribution in [1.82, 2.24) is 5.32 Å². The summed E-state index contributed by atoms with van der Waals surface area (Å²) in [6.07, 6.45) is 1.21. The molecule has 1 aromatic rings. The lowest BCUT2D eigenvalue weighted by molar-refractivity contribution is -0.140. The van der Waals surface area contributed by atoms with Crippen LogP contribution in [0.5, 0.6) is 0 Å². The lowest BCUT2D eigenvalue weighted by atomic mass is 10.2. The summed E-state index contributed by atoms with van der Waals surface area (Å²) < 4.78 is 10.7. The molecule has 0 amide bonds. The second-order valence-corrected chi connectivity index (χ2v) is 4.28. The number of ether oxygens (including phenoxy) is 1. The summed E-state index contributed by atoms with van der Waals surface area (Å²) in [7, 11) is 1.40. The van der Waals surface area contributed by atoms with E-state index < -0.39 is 0 Å². The van der Waals surface area contributed by atoms with Crippen LogP contribution in [0.2, 0.25) is 0 Å². The Balaban J connectivity index is 2.20. The molecule has 0 saturated carbocycles. The first-order valence-electron chi connectivity index (χ1n) is 5.19. The van der Waals surface area contributed by atoms with Crippen molar-refractivity contribution in [3.63, 3.8) is 0 Å². The zero-order valence-corrected chi connectivity index (χ0v) is 11.0. The third-order valence-electron chi connectivity index (χ3n) is 2.26. The average Bonchev–Trinajstić information content (AvgIpc) is 2.70. The summed E-state index contributed by atoms with van der Waals surface area (Å²) in [5, 5.41) is 3.27. The maximum Gasteiger partial charge on any atom is 0.305 e. The lowest BCUT2D eigenvalue weighted by Gasteiger charge is -2.10. The molecule has 0 aliphatic carbocycles. The Hall–Kier alpha value is -0.810. The van der Waals surface area contributed by atoms with Crippen molar-refractivity contribution in [2.24, 2.45) is 0 Å². The molecule has 1 unspecified atom stereocenters. The zero-order valence-electron chi connectivity index (χ0n) is 9.46. The number of hydrogen-bond donors (Lipinski definition) is 1. The van der Waals surface area contributed by atoms with E-state index in [1.165, 1.54) is 7.11 Å². The molecule has 1 rings (SSSR count). The first kappa shape index (κ1) is 13.3. The van der Waals surface area contributed by atoms with Gasteiger partial charge in [-0.2, -0.15) is 0 Å². The van der Waals surface area contributed by atoms with Crippen molar-refractivity contribution in [3.8, 4) is 0 Å². The SMILES string of the molecule is COC(=O)CCCNC(C)c1ccc(Br)o1. The van der Waals surface area contributed by atoms with E-state index in [1.807, 2.05) is 19.1 Å². The van der Waals surface area contributed by atoms with Crippen molar-refractivity contribution in [2.75, 3.05) is 13.7 Å². The van der Waals surface area contributed by atoms with Crippen molar-refractivity contribution in [1.29, 1.82) is 0 Å². The third-order valence-corrected chi connectivity index (χ3v) is 2.68. The van der Waals surface area contributed by atoms with Gasteiger partial charge in [0.05, 0.1) is 13.2 Å². The van der Waals surface area contributed by atoms with Gasteiger partial charge in [-0.3, -0.25) is 4.79 Å². The van der Waals surface area contributed by atoms with Gasteiger partial charge in [0.2, 0.25) is 0 Å². The van der Waals surface area contributed by atoms with Gasteiger partial charge in [0.25, 0.3) is 0 Å². The number of halogens is 1. The second kappa shape index (κ2) is 6.70. The fourth-order valence-corrected chi connectivity index (χ4v) is 1.63. The van der Waals surface area contributed by atoms with Gasteiger partial charge < -0.3 is 14.5 Å². The largest absolute Gasteiger partial charge is 0.469 e. The van der Waals surface area contributed by atoms with Gasteiger partial charge in [0.15, 0.2) is 4.67 Å². The molecule has 0 saturated heterocycles. The molecule has 1 N–H and O–H groups in total. The van der Waals surface area contributed by atoms with Crippen LogP contribution in [0.25, 0.3) is 0 Å². The molecule has 5 heteroatoms. The Kier molecular flexibility index (Phi) is 5.55. The Morgan fingerprint density at radius 3 is 2.94 bits per heavy atom. The number of esters is 1. The smallest absolute Gasteiger partial charge is 0.305 e. The van der Waals surface area contributed by atoms with Crippen molar-refractivity contribution < 1.29 is 13.9 Å². The Bertz CT molecular complexity index is 338. The van der Waals surface area contributed by atoms with Crippen LogP contribution in [0.1, 0.15) is 31.6 Å². The van der Waals surface area contributed by atoms with Gasteiger partial charge in [0, 0.05) is 6.42 Å². The number of carbonyl (C=O) groups excluding carboxylic acids is 1. The number of rotatable bonds is 6. The minimum absolute atomic E-state index is 0.143. The third kappa shape index (κ3) is 4.37. The number of nitrogens with one attached hydrogen (secondary N) is 1. The molecule has 0 aromatic carbocycles. The summed E-state index contributed by atoms with van der Waals surface area (Å²) >= 11 is 3.26. The van der Waals surface area contributed by atoms with E-state index in [4.69, 9.17) is 4.42 Å². The van der Waals surface area contributed by atoms with E-state index in [-0.39, 0.29) is 12.0 Å². The summed E-state index contributed by atoms with van der Waals surface area (Å²) in [6.45, 7) is 2.78. The fourth-order valence-electron chi connectivity index (χ4n) is 1.31. The van der Waals surface area contributed by atoms with Crippen LogP contribution in [0.15, 0.2) is 21.2 Å². The van der Waals surface area contributed by atoms with Gasteiger partial charge >= 0.3 is 5.97 Å². The Labute approximate surface area is 103 Å². The predicted molar refractivity (Wildman–Crippen MR) is 64.1 cm³/mol. The van der Waals surface area contributed by atoms with Gasteiger partial charge in [-0.15, -0.1) is 0 Å². The zero-order chi connectivity index (χ0) is 12.0. The average molecular weight is 290 g/mol. The Morgan fingerprint density at radius 2 is 2.38 bits per heavy atom. The van der Waals surface area contributed by atoms with E-state index in [0.29, 0.717) is 6.42 Å². The minimum atomic E-state index is -0.171. The van der Waals surface area contributed by atoms with Gasteiger partial charge in [-0.1, -0.05) is 0 Å². The van der Waals surface area contributed by atoms with E-state index >= 15 is 0 Å². The van der Waals surface area contributed by atoms with Crippen LogP contribution < -0.4 is 5.32 Å². The summed E-state index contributed by atoms with van der Waals surface area (Å²) in [5.74, 6) is 0.708. The molecule has 0 radical (unpaired) electrons.